The third kappa shape index (κ3) is 2.62. The van der Waals surface area contributed by atoms with Gasteiger partial charge in [-0.3, -0.25) is 14.3 Å². The van der Waals surface area contributed by atoms with Gasteiger partial charge in [0.15, 0.2) is 5.82 Å². The summed E-state index contributed by atoms with van der Waals surface area (Å²) in [7, 11) is 0. The molecular formula is C18H14Cl3N3O3. The second-order valence-corrected chi connectivity index (χ2v) is 8.34. The number of imide groups is 1. The van der Waals surface area contributed by atoms with E-state index in [0.29, 0.717) is 16.6 Å². The molecule has 4 heterocycles. The van der Waals surface area contributed by atoms with Crippen LogP contribution in [0.3, 0.4) is 0 Å². The van der Waals surface area contributed by atoms with Crippen molar-refractivity contribution in [2.45, 2.75) is 31.6 Å². The molecule has 2 amide bonds. The minimum absolute atomic E-state index is 0.171. The number of rotatable bonds is 3. The van der Waals surface area contributed by atoms with Crippen LogP contribution in [0.15, 0.2) is 24.4 Å². The zero-order valence-electron chi connectivity index (χ0n) is 13.9. The number of carbonyl (C=O) groups excluding carboxylic acids is 2. The summed E-state index contributed by atoms with van der Waals surface area (Å²) in [6.07, 6.45) is 2.87. The highest BCUT2D eigenvalue weighted by molar-refractivity contribution is 6.36. The van der Waals surface area contributed by atoms with Gasteiger partial charge in [-0.05, 0) is 30.5 Å². The summed E-state index contributed by atoms with van der Waals surface area (Å²) in [6.45, 7) is 0.340. The lowest BCUT2D eigenvalue weighted by Gasteiger charge is -2.15. The van der Waals surface area contributed by atoms with E-state index in [9.17, 15) is 9.59 Å². The normalized spacial score (nSPS) is 29.1. The van der Waals surface area contributed by atoms with Crippen LogP contribution in [0.25, 0.3) is 0 Å². The maximum Gasteiger partial charge on any atom is 0.241 e. The van der Waals surface area contributed by atoms with Crippen molar-refractivity contribution in [1.29, 1.82) is 0 Å². The first kappa shape index (κ1) is 17.5. The quantitative estimate of drug-likeness (QED) is 0.704. The van der Waals surface area contributed by atoms with E-state index < -0.39 is 11.8 Å². The molecular weight excluding hydrogens is 413 g/mol. The molecule has 3 fully saturated rings. The van der Waals surface area contributed by atoms with Crippen molar-refractivity contribution in [3.05, 3.63) is 45.0 Å². The van der Waals surface area contributed by atoms with E-state index in [1.54, 1.807) is 29.1 Å². The van der Waals surface area contributed by atoms with Gasteiger partial charge in [-0.1, -0.05) is 40.9 Å². The molecule has 3 aliphatic rings. The van der Waals surface area contributed by atoms with Crippen LogP contribution in [-0.2, 0) is 20.9 Å². The highest BCUT2D eigenvalue weighted by atomic mass is 35.5. The molecule has 1 aromatic carbocycles. The first-order valence-electron chi connectivity index (χ1n) is 8.64. The molecule has 4 atom stereocenters. The summed E-state index contributed by atoms with van der Waals surface area (Å²) in [5.41, 5.74) is 0.800. The Labute approximate surface area is 169 Å². The predicted octanol–water partition coefficient (Wildman–Crippen LogP) is 3.56. The molecule has 140 valence electrons. The van der Waals surface area contributed by atoms with Crippen molar-refractivity contribution in [2.24, 2.45) is 11.8 Å². The lowest BCUT2D eigenvalue weighted by molar-refractivity contribution is -0.124. The van der Waals surface area contributed by atoms with Gasteiger partial charge in [0.25, 0.3) is 0 Å². The number of halogens is 3. The number of aromatic nitrogens is 2. The van der Waals surface area contributed by atoms with Crippen molar-refractivity contribution in [1.82, 2.24) is 9.78 Å². The molecule has 0 aliphatic carbocycles. The van der Waals surface area contributed by atoms with Gasteiger partial charge in [0.1, 0.15) is 5.02 Å². The zero-order chi connectivity index (χ0) is 18.9. The summed E-state index contributed by atoms with van der Waals surface area (Å²) in [5.74, 6) is -1.19. The molecule has 6 nitrogen and oxygen atoms in total. The largest absolute Gasteiger partial charge is 0.373 e. The molecule has 0 unspecified atom stereocenters. The van der Waals surface area contributed by atoms with Crippen LogP contribution in [-0.4, -0.2) is 33.8 Å². The Kier molecular flexibility index (Phi) is 4.02. The van der Waals surface area contributed by atoms with Gasteiger partial charge in [0.05, 0.1) is 30.6 Å². The van der Waals surface area contributed by atoms with Gasteiger partial charge < -0.3 is 4.74 Å². The van der Waals surface area contributed by atoms with Crippen molar-refractivity contribution >= 4 is 52.4 Å². The number of anilines is 1. The van der Waals surface area contributed by atoms with Crippen LogP contribution >= 0.6 is 34.8 Å². The number of benzene rings is 1. The summed E-state index contributed by atoms with van der Waals surface area (Å²) >= 11 is 18.5. The molecule has 2 aromatic rings. The molecule has 5 rings (SSSR count). The van der Waals surface area contributed by atoms with E-state index in [0.717, 1.165) is 23.3 Å². The molecule has 2 bridgehead atoms. The average Bonchev–Trinajstić information content (AvgIpc) is 3.36. The fourth-order valence-electron chi connectivity index (χ4n) is 4.36. The fourth-order valence-corrected chi connectivity index (χ4v) is 5.07. The second kappa shape index (κ2) is 6.21. The molecule has 27 heavy (non-hydrogen) atoms. The number of nitrogens with zero attached hydrogens (tertiary/aromatic N) is 3. The molecule has 3 aliphatic heterocycles. The molecule has 3 saturated heterocycles. The molecule has 1 aromatic heterocycles. The number of amides is 2. The van der Waals surface area contributed by atoms with Crippen molar-refractivity contribution in [3.63, 3.8) is 0 Å². The minimum Gasteiger partial charge on any atom is -0.373 e. The number of ether oxygens (including phenoxy) is 1. The van der Waals surface area contributed by atoms with Crippen LogP contribution in [0.1, 0.15) is 18.4 Å². The second-order valence-electron chi connectivity index (χ2n) is 7.09. The predicted molar refractivity (Wildman–Crippen MR) is 100 cm³/mol. The Hall–Kier alpha value is -1.60. The lowest BCUT2D eigenvalue weighted by atomic mass is 9.81. The summed E-state index contributed by atoms with van der Waals surface area (Å²) in [4.78, 5) is 26.9. The van der Waals surface area contributed by atoms with E-state index in [1.807, 2.05) is 0 Å². The lowest BCUT2D eigenvalue weighted by Crippen LogP contribution is -2.34. The van der Waals surface area contributed by atoms with E-state index in [-0.39, 0.29) is 34.9 Å². The highest BCUT2D eigenvalue weighted by Crippen LogP contribution is 2.49. The Morgan fingerprint density at radius 1 is 1.04 bits per heavy atom. The summed E-state index contributed by atoms with van der Waals surface area (Å²) in [6, 6.07) is 5.18. The first-order valence-corrected chi connectivity index (χ1v) is 9.77. The SMILES string of the molecule is O=C1[C@@H]2[C@@H](C(=O)N1c1nn(Cc3ccc(Cl)cc3Cl)cc1Cl)[C@@H]1CC[C@@H]2O1. The Morgan fingerprint density at radius 3 is 2.33 bits per heavy atom. The third-order valence-electron chi connectivity index (χ3n) is 5.54. The van der Waals surface area contributed by atoms with Gasteiger partial charge in [-0.25, -0.2) is 4.90 Å². The first-order chi connectivity index (χ1) is 12.9. The van der Waals surface area contributed by atoms with Crippen molar-refractivity contribution < 1.29 is 14.3 Å². The van der Waals surface area contributed by atoms with Crippen molar-refractivity contribution in [3.8, 4) is 0 Å². The molecule has 9 heteroatoms. The van der Waals surface area contributed by atoms with E-state index in [2.05, 4.69) is 5.10 Å². The topological polar surface area (TPSA) is 64.4 Å². The van der Waals surface area contributed by atoms with Gasteiger partial charge in [0, 0.05) is 16.2 Å². The van der Waals surface area contributed by atoms with Crippen LogP contribution in [0, 0.1) is 11.8 Å². The monoisotopic (exact) mass is 425 g/mol. The smallest absolute Gasteiger partial charge is 0.241 e. The highest BCUT2D eigenvalue weighted by Gasteiger charge is 2.63. The summed E-state index contributed by atoms with van der Waals surface area (Å²) < 4.78 is 7.31. The number of hydrogen-bond acceptors (Lipinski definition) is 4. The number of hydrogen-bond donors (Lipinski definition) is 0. The van der Waals surface area contributed by atoms with Crippen LogP contribution < -0.4 is 4.90 Å². The molecule has 0 radical (unpaired) electrons. The Balaban J connectivity index is 1.45. The van der Waals surface area contributed by atoms with E-state index >= 15 is 0 Å². The average molecular weight is 427 g/mol. The van der Waals surface area contributed by atoms with Gasteiger partial charge in [-0.2, -0.15) is 5.10 Å². The maximum absolute atomic E-state index is 12.9. The summed E-state index contributed by atoms with van der Waals surface area (Å²) in [5, 5.41) is 5.68. The Bertz CT molecular complexity index is 948. The zero-order valence-corrected chi connectivity index (χ0v) is 16.2. The fraction of sp³-hybridized carbons (Fsp3) is 0.389. The molecule has 0 N–H and O–H groups in total. The standard InChI is InChI=1S/C18H14Cl3N3O3/c19-9-2-1-8(10(20)5-9)6-23-7-11(21)16(22-23)24-17(25)14-12-3-4-13(27-12)15(14)18(24)26/h1-2,5,7,12-15H,3-4,6H2/t12-,13-,14-,15-/m0/s1. The molecule has 0 spiro atoms. The van der Waals surface area contributed by atoms with Gasteiger partial charge in [0.2, 0.25) is 11.8 Å². The minimum atomic E-state index is -0.414. The van der Waals surface area contributed by atoms with Crippen LogP contribution in [0.4, 0.5) is 5.82 Å². The van der Waals surface area contributed by atoms with Gasteiger partial charge in [-0.15, -0.1) is 0 Å². The third-order valence-corrected chi connectivity index (χ3v) is 6.40. The van der Waals surface area contributed by atoms with E-state index in [1.165, 1.54) is 0 Å². The van der Waals surface area contributed by atoms with Gasteiger partial charge >= 0.3 is 0 Å². The Morgan fingerprint density at radius 2 is 1.70 bits per heavy atom. The van der Waals surface area contributed by atoms with E-state index in [4.69, 9.17) is 39.5 Å². The van der Waals surface area contributed by atoms with Crippen molar-refractivity contribution in [2.75, 3.05) is 4.90 Å². The van der Waals surface area contributed by atoms with Crippen LogP contribution in [0.5, 0.6) is 0 Å². The number of carbonyl (C=O) groups is 2. The molecule has 0 saturated carbocycles. The van der Waals surface area contributed by atoms with Crippen LogP contribution in [0.2, 0.25) is 15.1 Å². The maximum atomic E-state index is 12.9. The number of fused-ring (bicyclic) bond motifs is 5.